The van der Waals surface area contributed by atoms with E-state index >= 15 is 4.39 Å². The van der Waals surface area contributed by atoms with Gasteiger partial charge in [-0.1, -0.05) is 29.8 Å². The summed E-state index contributed by atoms with van der Waals surface area (Å²) in [6.07, 6.45) is 3.24. The maximum Gasteiger partial charge on any atom is 0.266 e. The molecule has 0 spiro atoms. The number of methoxy groups -OCH3 is 1. The quantitative estimate of drug-likeness (QED) is 0.405. The lowest BCUT2D eigenvalue weighted by Gasteiger charge is -2.38. The number of aryl methyl sites for hydroxylation is 1. The molecule has 3 fully saturated rings. The first-order valence-electron chi connectivity index (χ1n) is 15.2. The van der Waals surface area contributed by atoms with E-state index in [4.69, 9.17) is 16.3 Å². The fourth-order valence-corrected chi connectivity index (χ4v) is 6.72. The molecule has 3 unspecified atom stereocenters. The molecule has 6 rings (SSSR count). The molecular weight excluding hydrogens is 585 g/mol. The lowest BCUT2D eigenvalue weighted by molar-refractivity contribution is -0.141. The number of nitrogens with zero attached hydrogens (tertiary/aromatic N) is 5. The van der Waals surface area contributed by atoms with Gasteiger partial charge < -0.3 is 19.4 Å². The van der Waals surface area contributed by atoms with Crippen LogP contribution >= 0.6 is 11.6 Å². The van der Waals surface area contributed by atoms with Gasteiger partial charge in [-0.15, -0.1) is 0 Å². The second kappa shape index (κ2) is 12.6. The van der Waals surface area contributed by atoms with Crippen molar-refractivity contribution >= 4 is 29.2 Å². The predicted octanol–water partition coefficient (Wildman–Crippen LogP) is 4.40. The molecule has 2 amide bonds. The molecular formula is C33H37ClFN5O4. The van der Waals surface area contributed by atoms with Crippen LogP contribution in [0, 0.1) is 17.7 Å². The van der Waals surface area contributed by atoms with E-state index in [0.29, 0.717) is 61.3 Å². The summed E-state index contributed by atoms with van der Waals surface area (Å²) in [5, 5.41) is 5.05. The monoisotopic (exact) mass is 621 g/mol. The molecule has 2 aliphatic heterocycles. The Balaban J connectivity index is 1.27. The van der Waals surface area contributed by atoms with Gasteiger partial charge >= 0.3 is 0 Å². The maximum absolute atomic E-state index is 15.4. The zero-order chi connectivity index (χ0) is 31.0. The third-order valence-corrected chi connectivity index (χ3v) is 9.44. The van der Waals surface area contributed by atoms with Crippen LogP contribution in [0.25, 0.3) is 0 Å². The Bertz CT molecular complexity index is 1590. The van der Waals surface area contributed by atoms with Gasteiger partial charge in [-0.05, 0) is 61.1 Å². The fraction of sp³-hybridized carbons (Fsp3) is 0.455. The van der Waals surface area contributed by atoms with E-state index in [2.05, 4.69) is 5.10 Å². The van der Waals surface area contributed by atoms with Gasteiger partial charge in [0.1, 0.15) is 17.4 Å². The minimum Gasteiger partial charge on any atom is -0.497 e. The molecule has 2 aromatic carbocycles. The number of amides is 2. The van der Waals surface area contributed by atoms with Crippen molar-refractivity contribution in [1.29, 1.82) is 0 Å². The van der Waals surface area contributed by atoms with Gasteiger partial charge in [0.05, 0.1) is 19.1 Å². The van der Waals surface area contributed by atoms with E-state index in [1.165, 1.54) is 23.9 Å². The van der Waals surface area contributed by atoms with Crippen LogP contribution in [-0.2, 0) is 16.6 Å². The molecule has 232 valence electrons. The van der Waals surface area contributed by atoms with Crippen LogP contribution in [0.5, 0.6) is 5.75 Å². The van der Waals surface area contributed by atoms with Crippen molar-refractivity contribution in [3.8, 4) is 5.75 Å². The molecule has 2 saturated heterocycles. The first-order valence-corrected chi connectivity index (χ1v) is 15.6. The average Bonchev–Trinajstić information content (AvgIpc) is 3.77. The zero-order valence-electron chi connectivity index (χ0n) is 25.0. The van der Waals surface area contributed by atoms with Crippen molar-refractivity contribution in [3.63, 3.8) is 0 Å². The SMILES string of the molecule is COc1ccc(C2CN(c3ccc(=O)n(C)n3)CC2C(=O)N2CCCC(c3ccc(Cl)cc3)N(C(=O)C3CC3)CC2)c(F)c1. The Hall–Kier alpha value is -3.92. The van der Waals surface area contributed by atoms with Crippen molar-refractivity contribution in [2.45, 2.75) is 37.6 Å². The number of aromatic nitrogens is 2. The number of carbonyl (C=O) groups is 2. The average molecular weight is 622 g/mol. The third-order valence-electron chi connectivity index (χ3n) is 9.18. The smallest absolute Gasteiger partial charge is 0.266 e. The first-order chi connectivity index (χ1) is 21.2. The Kier molecular flexibility index (Phi) is 8.62. The van der Waals surface area contributed by atoms with Crippen molar-refractivity contribution in [1.82, 2.24) is 19.6 Å². The summed E-state index contributed by atoms with van der Waals surface area (Å²) in [6.45, 7) is 2.06. The lowest BCUT2D eigenvalue weighted by atomic mass is 9.87. The van der Waals surface area contributed by atoms with Crippen LogP contribution in [0.3, 0.4) is 0 Å². The van der Waals surface area contributed by atoms with Gasteiger partial charge in [-0.25, -0.2) is 9.07 Å². The molecule has 44 heavy (non-hydrogen) atoms. The van der Waals surface area contributed by atoms with Gasteiger partial charge in [0.15, 0.2) is 0 Å². The number of hydrogen-bond donors (Lipinski definition) is 0. The van der Waals surface area contributed by atoms with Crippen LogP contribution in [0.4, 0.5) is 10.2 Å². The minimum atomic E-state index is -0.545. The topological polar surface area (TPSA) is 88.0 Å². The summed E-state index contributed by atoms with van der Waals surface area (Å²) in [5.74, 6) is -0.328. The predicted molar refractivity (Wildman–Crippen MR) is 165 cm³/mol. The summed E-state index contributed by atoms with van der Waals surface area (Å²) < 4.78 is 21.9. The Morgan fingerprint density at radius 2 is 1.73 bits per heavy atom. The van der Waals surface area contributed by atoms with Crippen LogP contribution in [0.2, 0.25) is 5.02 Å². The molecule has 0 bridgehead atoms. The Morgan fingerprint density at radius 3 is 2.41 bits per heavy atom. The first kappa shape index (κ1) is 30.1. The molecule has 1 saturated carbocycles. The van der Waals surface area contributed by atoms with Crippen LogP contribution < -0.4 is 15.2 Å². The summed E-state index contributed by atoms with van der Waals surface area (Å²) in [6, 6.07) is 15.4. The third kappa shape index (κ3) is 6.18. The van der Waals surface area contributed by atoms with Gasteiger partial charge in [0.2, 0.25) is 11.8 Å². The zero-order valence-corrected chi connectivity index (χ0v) is 25.8. The van der Waals surface area contributed by atoms with Crippen molar-refractivity contribution in [3.05, 3.63) is 86.9 Å². The lowest BCUT2D eigenvalue weighted by Crippen LogP contribution is -2.48. The molecule has 0 radical (unpaired) electrons. The highest BCUT2D eigenvalue weighted by Crippen LogP contribution is 2.39. The summed E-state index contributed by atoms with van der Waals surface area (Å²) in [7, 11) is 3.07. The molecule has 3 heterocycles. The van der Waals surface area contributed by atoms with Crippen molar-refractivity contribution in [2.75, 3.05) is 44.7 Å². The number of carbonyl (C=O) groups excluding carboxylic acids is 2. The highest BCUT2D eigenvalue weighted by Gasteiger charge is 2.43. The second-order valence-corrected chi connectivity index (χ2v) is 12.4. The highest BCUT2D eigenvalue weighted by molar-refractivity contribution is 6.30. The molecule has 0 N–H and O–H groups in total. The van der Waals surface area contributed by atoms with E-state index in [9.17, 15) is 14.4 Å². The number of benzene rings is 2. The van der Waals surface area contributed by atoms with Crippen LogP contribution in [-0.4, -0.2) is 71.2 Å². The number of halogens is 2. The van der Waals surface area contributed by atoms with Crippen molar-refractivity contribution in [2.24, 2.45) is 18.9 Å². The molecule has 3 atom stereocenters. The van der Waals surface area contributed by atoms with E-state index in [1.807, 2.05) is 39.0 Å². The van der Waals surface area contributed by atoms with Crippen LogP contribution in [0.15, 0.2) is 59.4 Å². The fourth-order valence-electron chi connectivity index (χ4n) is 6.59. The van der Waals surface area contributed by atoms with E-state index in [-0.39, 0.29) is 29.3 Å². The summed E-state index contributed by atoms with van der Waals surface area (Å²) in [5.41, 5.74) is 1.26. The highest BCUT2D eigenvalue weighted by atomic mass is 35.5. The Morgan fingerprint density at radius 1 is 0.955 bits per heavy atom. The molecule has 9 nitrogen and oxygen atoms in total. The van der Waals surface area contributed by atoms with E-state index in [0.717, 1.165) is 24.8 Å². The van der Waals surface area contributed by atoms with Crippen molar-refractivity contribution < 1.29 is 18.7 Å². The maximum atomic E-state index is 15.4. The summed E-state index contributed by atoms with van der Waals surface area (Å²) >= 11 is 6.15. The molecule has 1 aliphatic carbocycles. The Labute approximate surface area is 261 Å². The summed E-state index contributed by atoms with van der Waals surface area (Å²) in [4.78, 5) is 45.6. The molecule has 11 heteroatoms. The van der Waals surface area contributed by atoms with E-state index in [1.54, 1.807) is 25.2 Å². The van der Waals surface area contributed by atoms with Gasteiger partial charge in [0, 0.05) is 68.8 Å². The largest absolute Gasteiger partial charge is 0.497 e. The molecule has 3 aliphatic rings. The number of anilines is 1. The molecule has 3 aromatic rings. The number of hydrogen-bond acceptors (Lipinski definition) is 6. The minimum absolute atomic E-state index is 0.0496. The second-order valence-electron chi connectivity index (χ2n) is 12.0. The number of ether oxygens (including phenoxy) is 1. The standard InChI is InChI=1S/C33H37ClFN5O4/c1-37-31(41)14-13-30(36-37)39-19-26(25-12-11-24(44-2)18-28(25)35)27(20-39)33(43)38-15-3-4-29(21-7-9-23(34)10-8-21)40(17-16-38)32(42)22-5-6-22/h7-14,18,22,26-27,29H,3-6,15-17,19-20H2,1-2H3. The van der Waals surface area contributed by atoms with Gasteiger partial charge in [-0.3, -0.25) is 14.4 Å². The number of rotatable bonds is 6. The van der Waals surface area contributed by atoms with Gasteiger partial charge in [-0.2, -0.15) is 5.10 Å². The normalized spacial score (nSPS) is 22.5. The van der Waals surface area contributed by atoms with E-state index < -0.39 is 17.7 Å². The van der Waals surface area contributed by atoms with Gasteiger partial charge in [0.25, 0.3) is 5.56 Å². The molecule has 1 aromatic heterocycles. The van der Waals surface area contributed by atoms with Crippen LogP contribution in [0.1, 0.15) is 48.8 Å².